The Labute approximate surface area is 104 Å². The van der Waals surface area contributed by atoms with Crippen LogP contribution in [0.1, 0.15) is 37.7 Å². The van der Waals surface area contributed by atoms with E-state index in [0.717, 1.165) is 24.8 Å². The van der Waals surface area contributed by atoms with E-state index >= 15 is 0 Å². The molecule has 17 heavy (non-hydrogen) atoms. The fraction of sp³-hybridized carbons (Fsp3) is 0.600. The zero-order valence-corrected chi connectivity index (χ0v) is 10.8. The number of quaternary nitrogens is 1. The van der Waals surface area contributed by atoms with Crippen molar-refractivity contribution in [1.29, 1.82) is 0 Å². The number of benzene rings is 1. The lowest BCUT2D eigenvalue weighted by Crippen LogP contribution is -2.89. The summed E-state index contributed by atoms with van der Waals surface area (Å²) < 4.78 is 5.73. The molecule has 0 radical (unpaired) electrons. The molecular weight excluding hydrogens is 210 g/mol. The van der Waals surface area contributed by atoms with Gasteiger partial charge in [0.25, 0.3) is 0 Å². The second kappa shape index (κ2) is 6.65. The number of hydrogen-bond donors (Lipinski definition) is 1. The molecule has 0 aromatic heterocycles. The van der Waals surface area contributed by atoms with Gasteiger partial charge in [0.2, 0.25) is 0 Å². The number of nitrogens with two attached hydrogens (primary N) is 1. The van der Waals surface area contributed by atoms with E-state index < -0.39 is 0 Å². The van der Waals surface area contributed by atoms with Crippen LogP contribution in [0.4, 0.5) is 0 Å². The van der Waals surface area contributed by atoms with Gasteiger partial charge in [-0.25, -0.2) is 0 Å². The Morgan fingerprint density at radius 3 is 2.88 bits per heavy atom. The van der Waals surface area contributed by atoms with Crippen molar-refractivity contribution in [2.45, 2.75) is 45.1 Å². The summed E-state index contributed by atoms with van der Waals surface area (Å²) in [7, 11) is 0. The van der Waals surface area contributed by atoms with Crippen LogP contribution < -0.4 is 10.1 Å². The summed E-state index contributed by atoms with van der Waals surface area (Å²) in [5, 5.41) is 2.51. The van der Waals surface area contributed by atoms with Gasteiger partial charge in [-0.2, -0.15) is 0 Å². The molecule has 0 aliphatic heterocycles. The van der Waals surface area contributed by atoms with Crippen molar-refractivity contribution in [2.75, 3.05) is 13.2 Å². The third kappa shape index (κ3) is 4.39. The molecule has 2 heteroatoms. The predicted molar refractivity (Wildman–Crippen MR) is 70.3 cm³/mol. The molecule has 2 nitrogen and oxygen atoms in total. The first-order chi connectivity index (χ1) is 8.34. The van der Waals surface area contributed by atoms with Gasteiger partial charge in [-0.1, -0.05) is 12.1 Å². The molecule has 0 bridgehead atoms. The molecule has 2 rings (SSSR count). The first kappa shape index (κ1) is 12.4. The van der Waals surface area contributed by atoms with Crippen molar-refractivity contribution in [3.8, 4) is 5.75 Å². The van der Waals surface area contributed by atoms with E-state index in [2.05, 4.69) is 30.4 Å². The molecule has 2 N–H and O–H groups in total. The number of hydrogen-bond acceptors (Lipinski definition) is 1. The quantitative estimate of drug-likeness (QED) is 0.751. The van der Waals surface area contributed by atoms with E-state index in [-0.39, 0.29) is 0 Å². The lowest BCUT2D eigenvalue weighted by molar-refractivity contribution is -0.688. The fourth-order valence-electron chi connectivity index (χ4n) is 2.53. The van der Waals surface area contributed by atoms with Gasteiger partial charge >= 0.3 is 0 Å². The van der Waals surface area contributed by atoms with E-state index in [1.165, 1.54) is 37.8 Å². The predicted octanol–water partition coefficient (Wildman–Crippen LogP) is 2.27. The van der Waals surface area contributed by atoms with Crippen molar-refractivity contribution in [3.63, 3.8) is 0 Å². The highest BCUT2D eigenvalue weighted by Gasteiger charge is 2.16. The minimum Gasteiger partial charge on any atom is -0.493 e. The largest absolute Gasteiger partial charge is 0.493 e. The topological polar surface area (TPSA) is 25.8 Å². The number of ether oxygens (including phenoxy) is 1. The van der Waals surface area contributed by atoms with Crippen molar-refractivity contribution in [3.05, 3.63) is 29.8 Å². The van der Waals surface area contributed by atoms with E-state index in [4.69, 9.17) is 4.74 Å². The fourth-order valence-corrected chi connectivity index (χ4v) is 2.53. The van der Waals surface area contributed by atoms with Crippen molar-refractivity contribution in [1.82, 2.24) is 0 Å². The standard InChI is InChI=1S/C15H23NO/c1-13-6-4-9-15(12-13)17-11-5-10-16-14-7-2-3-8-14/h4,6,9,12,14,16H,2-3,5,7-8,10-11H2,1H3/p+1. The van der Waals surface area contributed by atoms with E-state index in [0.29, 0.717) is 0 Å². The van der Waals surface area contributed by atoms with Crippen LogP contribution in [0.5, 0.6) is 5.75 Å². The third-order valence-corrected chi connectivity index (χ3v) is 3.51. The van der Waals surface area contributed by atoms with Gasteiger partial charge in [-0.05, 0) is 50.3 Å². The van der Waals surface area contributed by atoms with Crippen molar-refractivity contribution >= 4 is 0 Å². The van der Waals surface area contributed by atoms with Gasteiger partial charge in [0, 0.05) is 6.42 Å². The van der Waals surface area contributed by atoms with Crippen LogP contribution >= 0.6 is 0 Å². The molecule has 0 saturated heterocycles. The van der Waals surface area contributed by atoms with Crippen LogP contribution in [0.2, 0.25) is 0 Å². The summed E-state index contributed by atoms with van der Waals surface area (Å²) in [6.45, 7) is 4.14. The normalized spacial score (nSPS) is 16.3. The molecule has 0 heterocycles. The lowest BCUT2D eigenvalue weighted by atomic mass is 10.2. The Morgan fingerprint density at radius 1 is 1.29 bits per heavy atom. The summed E-state index contributed by atoms with van der Waals surface area (Å²) in [6, 6.07) is 9.18. The van der Waals surface area contributed by atoms with Gasteiger partial charge < -0.3 is 10.1 Å². The highest BCUT2D eigenvalue weighted by Crippen LogP contribution is 2.14. The molecule has 94 valence electrons. The molecule has 0 amide bonds. The Balaban J connectivity index is 1.56. The molecule has 1 aromatic rings. The zero-order chi connectivity index (χ0) is 11.9. The summed E-state index contributed by atoms with van der Waals surface area (Å²) >= 11 is 0. The van der Waals surface area contributed by atoms with Gasteiger partial charge in [0.05, 0.1) is 19.2 Å². The Morgan fingerprint density at radius 2 is 2.12 bits per heavy atom. The van der Waals surface area contributed by atoms with Gasteiger partial charge in [-0.3, -0.25) is 0 Å². The minimum atomic E-state index is 0.840. The first-order valence-electron chi connectivity index (χ1n) is 6.87. The molecule has 1 aromatic carbocycles. The zero-order valence-electron chi connectivity index (χ0n) is 10.8. The number of aryl methyl sites for hydroxylation is 1. The van der Waals surface area contributed by atoms with E-state index in [1.807, 2.05) is 6.07 Å². The van der Waals surface area contributed by atoms with E-state index in [9.17, 15) is 0 Å². The van der Waals surface area contributed by atoms with Crippen LogP contribution in [0, 0.1) is 6.92 Å². The summed E-state index contributed by atoms with van der Waals surface area (Å²) in [4.78, 5) is 0. The molecule has 1 saturated carbocycles. The van der Waals surface area contributed by atoms with Gasteiger partial charge in [-0.15, -0.1) is 0 Å². The number of rotatable bonds is 6. The van der Waals surface area contributed by atoms with Crippen LogP contribution in [0.25, 0.3) is 0 Å². The summed E-state index contributed by atoms with van der Waals surface area (Å²) in [6.07, 6.45) is 6.84. The average Bonchev–Trinajstić information content (AvgIpc) is 2.82. The Bertz CT molecular complexity index is 331. The molecular formula is C15H24NO+. The SMILES string of the molecule is Cc1cccc(OCCC[NH2+]C2CCCC2)c1. The van der Waals surface area contributed by atoms with Crippen molar-refractivity contribution < 1.29 is 10.1 Å². The smallest absolute Gasteiger partial charge is 0.119 e. The first-order valence-corrected chi connectivity index (χ1v) is 6.87. The minimum absolute atomic E-state index is 0.840. The molecule has 0 unspecified atom stereocenters. The highest BCUT2D eigenvalue weighted by molar-refractivity contribution is 5.27. The Kier molecular flexibility index (Phi) is 4.87. The van der Waals surface area contributed by atoms with Crippen LogP contribution in [-0.4, -0.2) is 19.2 Å². The molecule has 0 atom stereocenters. The lowest BCUT2D eigenvalue weighted by Gasteiger charge is -2.09. The molecule has 1 aliphatic carbocycles. The maximum atomic E-state index is 5.73. The molecule has 1 fully saturated rings. The summed E-state index contributed by atoms with van der Waals surface area (Å²) in [5.41, 5.74) is 1.26. The van der Waals surface area contributed by atoms with E-state index in [1.54, 1.807) is 0 Å². The Hall–Kier alpha value is -1.02. The molecule has 0 spiro atoms. The monoisotopic (exact) mass is 234 g/mol. The summed E-state index contributed by atoms with van der Waals surface area (Å²) in [5.74, 6) is 1.01. The average molecular weight is 234 g/mol. The maximum absolute atomic E-state index is 5.73. The maximum Gasteiger partial charge on any atom is 0.119 e. The molecule has 1 aliphatic rings. The van der Waals surface area contributed by atoms with Crippen molar-refractivity contribution in [2.24, 2.45) is 0 Å². The van der Waals surface area contributed by atoms with Crippen LogP contribution in [-0.2, 0) is 0 Å². The van der Waals surface area contributed by atoms with Crippen LogP contribution in [0.3, 0.4) is 0 Å². The highest BCUT2D eigenvalue weighted by atomic mass is 16.5. The third-order valence-electron chi connectivity index (χ3n) is 3.51. The van der Waals surface area contributed by atoms with Crippen LogP contribution in [0.15, 0.2) is 24.3 Å². The van der Waals surface area contributed by atoms with Gasteiger partial charge in [0.15, 0.2) is 0 Å². The second-order valence-corrected chi connectivity index (χ2v) is 5.09. The second-order valence-electron chi connectivity index (χ2n) is 5.09. The van der Waals surface area contributed by atoms with Gasteiger partial charge in [0.1, 0.15) is 5.75 Å².